The molecule has 138 valence electrons. The van der Waals surface area contributed by atoms with Gasteiger partial charge in [-0.15, -0.1) is 0 Å². The number of carbonyl (C=O) groups excluding carboxylic acids is 1. The average molecular weight is 357 g/mol. The van der Waals surface area contributed by atoms with E-state index in [4.69, 9.17) is 0 Å². The molecule has 0 unspecified atom stereocenters. The number of nitrogens with one attached hydrogen (secondary N) is 1. The van der Waals surface area contributed by atoms with E-state index >= 15 is 0 Å². The summed E-state index contributed by atoms with van der Waals surface area (Å²) in [5.41, 5.74) is 0.424. The normalized spacial score (nSPS) is 15.7. The summed E-state index contributed by atoms with van der Waals surface area (Å²) < 4.78 is 2.18. The van der Waals surface area contributed by atoms with Gasteiger partial charge in [-0.3, -0.25) is 19.8 Å². The van der Waals surface area contributed by atoms with Crippen LogP contribution in [0, 0.1) is 23.0 Å². The molecule has 0 spiro atoms. The van der Waals surface area contributed by atoms with Crippen molar-refractivity contribution in [1.82, 2.24) is 14.5 Å². The summed E-state index contributed by atoms with van der Waals surface area (Å²) in [4.78, 5) is 28.9. The number of aryl methyl sites for hydroxylation is 1. The van der Waals surface area contributed by atoms with Gasteiger partial charge in [0.05, 0.1) is 11.5 Å². The molecule has 1 aliphatic heterocycles. The summed E-state index contributed by atoms with van der Waals surface area (Å²) in [6, 6.07) is 6.00. The third-order valence-electron chi connectivity index (χ3n) is 4.79. The summed E-state index contributed by atoms with van der Waals surface area (Å²) in [6.07, 6.45) is 5.92. The lowest BCUT2D eigenvalue weighted by atomic mass is 9.96. The lowest BCUT2D eigenvalue weighted by Gasteiger charge is -2.31. The summed E-state index contributed by atoms with van der Waals surface area (Å²) in [6.45, 7) is 5.04. The van der Waals surface area contributed by atoms with Crippen molar-refractivity contribution in [3.63, 3.8) is 0 Å². The highest BCUT2D eigenvalue weighted by molar-refractivity contribution is 5.92. The van der Waals surface area contributed by atoms with E-state index in [0.29, 0.717) is 18.2 Å². The van der Waals surface area contributed by atoms with E-state index in [-0.39, 0.29) is 11.6 Å². The fourth-order valence-corrected chi connectivity index (χ4v) is 3.30. The Morgan fingerprint density at radius 2 is 2.15 bits per heavy atom. The van der Waals surface area contributed by atoms with Crippen LogP contribution in [0.1, 0.15) is 18.7 Å². The zero-order valence-corrected chi connectivity index (χ0v) is 14.8. The highest BCUT2D eigenvalue weighted by Crippen LogP contribution is 2.20. The maximum absolute atomic E-state index is 12.2. The van der Waals surface area contributed by atoms with Crippen LogP contribution in [0.15, 0.2) is 36.7 Å². The first kappa shape index (κ1) is 18.1. The van der Waals surface area contributed by atoms with Crippen molar-refractivity contribution < 1.29 is 9.72 Å². The van der Waals surface area contributed by atoms with Gasteiger partial charge in [0.25, 0.3) is 5.69 Å². The Hall–Kier alpha value is -2.74. The number of amides is 1. The van der Waals surface area contributed by atoms with Crippen LogP contribution in [0.4, 0.5) is 11.4 Å². The van der Waals surface area contributed by atoms with E-state index in [1.807, 2.05) is 19.3 Å². The van der Waals surface area contributed by atoms with Crippen LogP contribution < -0.4 is 5.32 Å². The molecule has 1 amide bonds. The van der Waals surface area contributed by atoms with Crippen molar-refractivity contribution in [2.24, 2.45) is 5.92 Å². The molecule has 1 aromatic carbocycles. The van der Waals surface area contributed by atoms with Crippen molar-refractivity contribution in [1.29, 1.82) is 0 Å². The SMILES string of the molecule is Cc1nccn1CC1CCN(CC(=O)Nc2cccc([N+](=O)[O-])c2)CC1. The predicted molar refractivity (Wildman–Crippen MR) is 97.9 cm³/mol. The maximum Gasteiger partial charge on any atom is 0.271 e. The second kappa shape index (κ2) is 8.09. The molecule has 2 aromatic rings. The number of anilines is 1. The van der Waals surface area contributed by atoms with Gasteiger partial charge in [-0.1, -0.05) is 6.07 Å². The highest BCUT2D eigenvalue weighted by atomic mass is 16.6. The molecule has 1 N–H and O–H groups in total. The Bertz CT molecular complexity index is 781. The molecule has 26 heavy (non-hydrogen) atoms. The lowest BCUT2D eigenvalue weighted by molar-refractivity contribution is -0.384. The molecule has 0 bridgehead atoms. The number of nitrogens with zero attached hydrogens (tertiary/aromatic N) is 4. The Kier molecular flexibility index (Phi) is 5.62. The number of aromatic nitrogens is 2. The van der Waals surface area contributed by atoms with Gasteiger partial charge in [-0.05, 0) is 44.8 Å². The largest absolute Gasteiger partial charge is 0.335 e. The lowest BCUT2D eigenvalue weighted by Crippen LogP contribution is -2.40. The number of nitro benzene ring substituents is 1. The van der Waals surface area contributed by atoms with Crippen LogP contribution in [0.25, 0.3) is 0 Å². The molecular weight excluding hydrogens is 334 g/mol. The first-order valence-electron chi connectivity index (χ1n) is 8.75. The molecular formula is C18H23N5O3. The number of imidazole rings is 1. The van der Waals surface area contributed by atoms with Crippen LogP contribution in [-0.4, -0.2) is 44.9 Å². The monoisotopic (exact) mass is 357 g/mol. The molecule has 1 aromatic heterocycles. The fraction of sp³-hybridized carbons (Fsp3) is 0.444. The highest BCUT2D eigenvalue weighted by Gasteiger charge is 2.21. The van der Waals surface area contributed by atoms with Gasteiger partial charge in [0.15, 0.2) is 0 Å². The van der Waals surface area contributed by atoms with Gasteiger partial charge < -0.3 is 9.88 Å². The number of hydrogen-bond donors (Lipinski definition) is 1. The van der Waals surface area contributed by atoms with Crippen molar-refractivity contribution in [2.45, 2.75) is 26.3 Å². The van der Waals surface area contributed by atoms with Crippen molar-refractivity contribution in [3.8, 4) is 0 Å². The number of benzene rings is 1. The average Bonchev–Trinajstić information content (AvgIpc) is 3.01. The van der Waals surface area contributed by atoms with Gasteiger partial charge in [-0.2, -0.15) is 0 Å². The molecule has 0 radical (unpaired) electrons. The molecule has 1 aliphatic rings. The standard InChI is InChI=1S/C18H23N5O3/c1-14-19-7-10-22(14)12-15-5-8-21(9-6-15)13-18(24)20-16-3-2-4-17(11-16)23(25)26/h2-4,7,10-11,15H,5-6,8-9,12-13H2,1H3,(H,20,24). The molecule has 8 heteroatoms. The predicted octanol–water partition coefficient (Wildman–Crippen LogP) is 2.45. The van der Waals surface area contributed by atoms with E-state index in [1.54, 1.807) is 12.1 Å². The van der Waals surface area contributed by atoms with Gasteiger partial charge in [-0.25, -0.2) is 4.98 Å². The zero-order valence-electron chi connectivity index (χ0n) is 14.8. The molecule has 1 fully saturated rings. The number of rotatable bonds is 6. The minimum Gasteiger partial charge on any atom is -0.335 e. The van der Waals surface area contributed by atoms with Crippen molar-refractivity contribution >= 4 is 17.3 Å². The molecule has 0 atom stereocenters. The maximum atomic E-state index is 12.2. The van der Waals surface area contributed by atoms with Crippen LogP contribution in [0.2, 0.25) is 0 Å². The van der Waals surface area contributed by atoms with Gasteiger partial charge >= 0.3 is 0 Å². The van der Waals surface area contributed by atoms with Crippen LogP contribution in [0.5, 0.6) is 0 Å². The van der Waals surface area contributed by atoms with Crippen LogP contribution in [-0.2, 0) is 11.3 Å². The quantitative estimate of drug-likeness (QED) is 0.633. The number of likely N-dealkylation sites (tertiary alicyclic amines) is 1. The van der Waals surface area contributed by atoms with E-state index in [1.165, 1.54) is 12.1 Å². The smallest absolute Gasteiger partial charge is 0.271 e. The van der Waals surface area contributed by atoms with E-state index in [0.717, 1.165) is 38.3 Å². The molecule has 3 rings (SSSR count). The zero-order chi connectivity index (χ0) is 18.5. The third kappa shape index (κ3) is 4.66. The van der Waals surface area contributed by atoms with Crippen molar-refractivity contribution in [3.05, 3.63) is 52.6 Å². The number of nitro groups is 1. The van der Waals surface area contributed by atoms with E-state index in [9.17, 15) is 14.9 Å². The summed E-state index contributed by atoms with van der Waals surface area (Å²) in [7, 11) is 0. The Labute approximate surface area is 152 Å². The third-order valence-corrected chi connectivity index (χ3v) is 4.79. The van der Waals surface area contributed by atoms with Gasteiger partial charge in [0, 0.05) is 36.8 Å². The van der Waals surface area contributed by atoms with Gasteiger partial charge in [0.2, 0.25) is 5.91 Å². The van der Waals surface area contributed by atoms with Crippen LogP contribution in [0.3, 0.4) is 0 Å². The Morgan fingerprint density at radius 3 is 2.81 bits per heavy atom. The number of carbonyl (C=O) groups is 1. The summed E-state index contributed by atoms with van der Waals surface area (Å²) in [5, 5.41) is 13.5. The topological polar surface area (TPSA) is 93.3 Å². The Morgan fingerprint density at radius 1 is 1.38 bits per heavy atom. The van der Waals surface area contributed by atoms with Crippen LogP contribution >= 0.6 is 0 Å². The number of non-ortho nitro benzene ring substituents is 1. The van der Waals surface area contributed by atoms with E-state index < -0.39 is 4.92 Å². The molecule has 2 heterocycles. The van der Waals surface area contributed by atoms with Crippen molar-refractivity contribution in [2.75, 3.05) is 25.0 Å². The number of hydrogen-bond acceptors (Lipinski definition) is 5. The first-order chi connectivity index (χ1) is 12.5. The minimum atomic E-state index is -0.470. The fourth-order valence-electron chi connectivity index (χ4n) is 3.30. The molecule has 1 saturated heterocycles. The Balaban J connectivity index is 1.45. The second-order valence-corrected chi connectivity index (χ2v) is 6.70. The summed E-state index contributed by atoms with van der Waals surface area (Å²) in [5.74, 6) is 1.48. The summed E-state index contributed by atoms with van der Waals surface area (Å²) >= 11 is 0. The second-order valence-electron chi connectivity index (χ2n) is 6.70. The van der Waals surface area contributed by atoms with Gasteiger partial charge in [0.1, 0.15) is 5.82 Å². The minimum absolute atomic E-state index is 0.0293. The first-order valence-corrected chi connectivity index (χ1v) is 8.75. The molecule has 8 nitrogen and oxygen atoms in total. The molecule has 0 aliphatic carbocycles. The van der Waals surface area contributed by atoms with E-state index in [2.05, 4.69) is 19.8 Å². The molecule has 0 saturated carbocycles. The number of piperidine rings is 1.